The van der Waals surface area contributed by atoms with Crippen molar-refractivity contribution in [3.8, 4) is 0 Å². The Hall–Kier alpha value is -2.10. The van der Waals surface area contributed by atoms with Gasteiger partial charge in [-0.25, -0.2) is 0 Å². The van der Waals surface area contributed by atoms with E-state index >= 15 is 0 Å². The molecule has 1 saturated heterocycles. The average molecular weight is 395 g/mol. The van der Waals surface area contributed by atoms with Crippen LogP contribution in [0, 0.1) is 0 Å². The van der Waals surface area contributed by atoms with Crippen LogP contribution in [0.2, 0.25) is 0 Å². The van der Waals surface area contributed by atoms with E-state index in [-0.39, 0.29) is 11.7 Å². The predicted octanol–water partition coefficient (Wildman–Crippen LogP) is 2.04. The number of alkyl halides is 3. The molecule has 0 aromatic rings. The van der Waals surface area contributed by atoms with E-state index in [1.165, 1.54) is 7.05 Å². The van der Waals surface area contributed by atoms with E-state index < -0.39 is 30.8 Å². The van der Waals surface area contributed by atoms with Crippen molar-refractivity contribution in [2.75, 3.05) is 20.6 Å². The summed E-state index contributed by atoms with van der Waals surface area (Å²) in [6, 6.07) is 0. The SMILES string of the molecule is CC.CCC1CC[C@H](N(C=O)/C=C(/CN(C)C(=O)C(F)(F)F)C(=O)NC)O1. The van der Waals surface area contributed by atoms with Crippen molar-refractivity contribution < 1.29 is 32.3 Å². The summed E-state index contributed by atoms with van der Waals surface area (Å²) in [4.78, 5) is 36.0. The Morgan fingerprint density at radius 1 is 1.26 bits per heavy atom. The summed E-state index contributed by atoms with van der Waals surface area (Å²) in [5, 5.41) is 2.28. The molecule has 7 nitrogen and oxygen atoms in total. The monoisotopic (exact) mass is 395 g/mol. The van der Waals surface area contributed by atoms with Gasteiger partial charge in [-0.15, -0.1) is 0 Å². The maximum absolute atomic E-state index is 12.5. The third-order valence-corrected chi connectivity index (χ3v) is 3.82. The molecule has 10 heteroatoms. The lowest BCUT2D eigenvalue weighted by molar-refractivity contribution is -0.183. The average Bonchev–Trinajstić information content (AvgIpc) is 3.13. The molecule has 156 valence electrons. The number of halogens is 3. The number of nitrogens with zero attached hydrogens (tertiary/aromatic N) is 2. The molecule has 1 aliphatic rings. The summed E-state index contributed by atoms with van der Waals surface area (Å²) in [5.74, 6) is -2.78. The summed E-state index contributed by atoms with van der Waals surface area (Å²) >= 11 is 0. The van der Waals surface area contributed by atoms with Crippen LogP contribution >= 0.6 is 0 Å². The molecule has 0 radical (unpaired) electrons. The fourth-order valence-electron chi connectivity index (χ4n) is 2.44. The van der Waals surface area contributed by atoms with Gasteiger partial charge in [0.25, 0.3) is 0 Å². The van der Waals surface area contributed by atoms with Gasteiger partial charge in [-0.05, 0) is 19.3 Å². The Bertz CT molecular complexity index is 538. The lowest BCUT2D eigenvalue weighted by atomic mass is 10.2. The second-order valence-corrected chi connectivity index (χ2v) is 5.64. The number of rotatable bonds is 7. The van der Waals surface area contributed by atoms with Gasteiger partial charge in [-0.3, -0.25) is 19.3 Å². The minimum atomic E-state index is -5.05. The van der Waals surface area contributed by atoms with Crippen LogP contribution in [-0.2, 0) is 19.1 Å². The van der Waals surface area contributed by atoms with Crippen LogP contribution in [0.25, 0.3) is 0 Å². The van der Waals surface area contributed by atoms with Crippen LogP contribution in [0.5, 0.6) is 0 Å². The molecule has 0 aliphatic carbocycles. The van der Waals surface area contributed by atoms with E-state index in [1.54, 1.807) is 0 Å². The third-order valence-electron chi connectivity index (χ3n) is 3.82. The van der Waals surface area contributed by atoms with Gasteiger partial charge < -0.3 is 15.0 Å². The number of ether oxygens (including phenoxy) is 1. The standard InChI is InChI=1S/C15H22F3N3O4.C2H6/c1-4-11-5-6-12(25-11)21(9-22)8-10(13(23)19-2)7-20(3)14(24)15(16,17)18;1-2/h8-9,11-12H,4-7H2,1-3H3,(H,19,23);1-2H3/b10-8-;/t11?,12-;/m1./s1. The van der Waals surface area contributed by atoms with Crippen LogP contribution in [-0.4, -0.2) is 67.2 Å². The summed E-state index contributed by atoms with van der Waals surface area (Å²) in [7, 11) is 2.23. The minimum absolute atomic E-state index is 0.0150. The molecular formula is C17H28F3N3O4. The molecule has 1 heterocycles. The molecule has 1 unspecified atom stereocenters. The molecule has 3 amide bonds. The third kappa shape index (κ3) is 7.58. The van der Waals surface area contributed by atoms with Gasteiger partial charge in [0.15, 0.2) is 0 Å². The van der Waals surface area contributed by atoms with E-state index in [4.69, 9.17) is 4.74 Å². The highest BCUT2D eigenvalue weighted by molar-refractivity contribution is 5.94. The predicted molar refractivity (Wildman–Crippen MR) is 93.3 cm³/mol. The highest BCUT2D eigenvalue weighted by Gasteiger charge is 2.41. The maximum Gasteiger partial charge on any atom is 0.471 e. The molecule has 1 N–H and O–H groups in total. The van der Waals surface area contributed by atoms with Gasteiger partial charge >= 0.3 is 12.1 Å². The fourth-order valence-corrected chi connectivity index (χ4v) is 2.44. The van der Waals surface area contributed by atoms with Crippen molar-refractivity contribution in [3.63, 3.8) is 0 Å². The number of hydrogen-bond acceptors (Lipinski definition) is 4. The lowest BCUT2D eigenvalue weighted by Gasteiger charge is -2.24. The van der Waals surface area contributed by atoms with Crippen LogP contribution < -0.4 is 5.32 Å². The molecule has 0 spiro atoms. The Labute approximate surface area is 157 Å². The highest BCUT2D eigenvalue weighted by atomic mass is 19.4. The maximum atomic E-state index is 12.5. The second kappa shape index (κ2) is 11.6. The smallest absolute Gasteiger partial charge is 0.355 e. The van der Waals surface area contributed by atoms with Crippen LogP contribution in [0.4, 0.5) is 13.2 Å². The minimum Gasteiger partial charge on any atom is -0.355 e. The van der Waals surface area contributed by atoms with Gasteiger partial charge in [0.05, 0.1) is 18.2 Å². The Morgan fingerprint density at radius 3 is 2.26 bits per heavy atom. The van der Waals surface area contributed by atoms with Gasteiger partial charge in [-0.2, -0.15) is 13.2 Å². The summed E-state index contributed by atoms with van der Waals surface area (Å²) in [6.45, 7) is 5.33. The van der Waals surface area contributed by atoms with Crippen LogP contribution in [0.15, 0.2) is 11.8 Å². The van der Waals surface area contributed by atoms with Crippen molar-refractivity contribution in [1.82, 2.24) is 15.1 Å². The largest absolute Gasteiger partial charge is 0.471 e. The molecule has 1 rings (SSSR count). The first kappa shape index (κ1) is 24.9. The molecule has 27 heavy (non-hydrogen) atoms. The Balaban J connectivity index is 0.00000326. The van der Waals surface area contributed by atoms with E-state index in [9.17, 15) is 27.6 Å². The molecule has 0 saturated carbocycles. The summed E-state index contributed by atoms with van der Waals surface area (Å²) in [6.07, 6.45) is -2.04. The van der Waals surface area contributed by atoms with Gasteiger partial charge in [-0.1, -0.05) is 20.8 Å². The second-order valence-electron chi connectivity index (χ2n) is 5.64. The van der Waals surface area contributed by atoms with Crippen molar-refractivity contribution in [2.45, 2.75) is 58.5 Å². The molecule has 0 bridgehead atoms. The van der Waals surface area contributed by atoms with Gasteiger partial charge in [0.1, 0.15) is 6.23 Å². The van der Waals surface area contributed by atoms with Gasteiger partial charge in [0, 0.05) is 20.3 Å². The van der Waals surface area contributed by atoms with E-state index in [0.717, 1.165) is 31.0 Å². The number of nitrogens with one attached hydrogen (secondary N) is 1. The molecule has 2 atom stereocenters. The lowest BCUT2D eigenvalue weighted by Crippen LogP contribution is -2.42. The van der Waals surface area contributed by atoms with Crippen molar-refractivity contribution >= 4 is 18.2 Å². The van der Waals surface area contributed by atoms with Crippen molar-refractivity contribution in [2.24, 2.45) is 0 Å². The van der Waals surface area contributed by atoms with Crippen molar-refractivity contribution in [3.05, 3.63) is 11.8 Å². The zero-order chi connectivity index (χ0) is 21.2. The highest BCUT2D eigenvalue weighted by Crippen LogP contribution is 2.25. The number of amides is 3. The molecule has 1 fully saturated rings. The Kier molecular flexibility index (Phi) is 10.7. The van der Waals surface area contributed by atoms with Crippen molar-refractivity contribution in [1.29, 1.82) is 0 Å². The number of carbonyl (C=O) groups is 3. The molecule has 1 aliphatic heterocycles. The van der Waals surface area contributed by atoms with E-state index in [2.05, 4.69) is 5.32 Å². The number of carbonyl (C=O) groups excluding carboxylic acids is 3. The van der Waals surface area contributed by atoms with Gasteiger partial charge in [0.2, 0.25) is 12.3 Å². The summed E-state index contributed by atoms with van der Waals surface area (Å²) < 4.78 is 43.1. The van der Waals surface area contributed by atoms with Crippen LogP contribution in [0.3, 0.4) is 0 Å². The first-order chi connectivity index (χ1) is 12.6. The topological polar surface area (TPSA) is 79.0 Å². The Morgan fingerprint density at radius 2 is 1.85 bits per heavy atom. The fraction of sp³-hybridized carbons (Fsp3) is 0.706. The first-order valence-corrected chi connectivity index (χ1v) is 8.77. The first-order valence-electron chi connectivity index (χ1n) is 8.77. The molecule has 0 aromatic heterocycles. The molecular weight excluding hydrogens is 367 g/mol. The van der Waals surface area contributed by atoms with E-state index in [0.29, 0.717) is 17.7 Å². The van der Waals surface area contributed by atoms with E-state index in [1.807, 2.05) is 20.8 Å². The molecule has 0 aromatic carbocycles. The summed E-state index contributed by atoms with van der Waals surface area (Å²) in [5.41, 5.74) is -0.168. The normalized spacial score (nSPS) is 19.6. The zero-order valence-corrected chi connectivity index (χ0v) is 16.3. The van der Waals surface area contributed by atoms with Crippen LogP contribution in [0.1, 0.15) is 40.0 Å². The zero-order valence-electron chi connectivity index (χ0n) is 16.3. The number of hydrogen-bond donors (Lipinski definition) is 1. The quantitative estimate of drug-likeness (QED) is 0.529. The number of likely N-dealkylation sites (N-methyl/N-ethyl adjacent to an activating group) is 2.